The molecule has 20 heavy (non-hydrogen) atoms. The van der Waals surface area contributed by atoms with E-state index < -0.39 is 12.0 Å². The van der Waals surface area contributed by atoms with Crippen LogP contribution in [-0.4, -0.2) is 37.6 Å². The summed E-state index contributed by atoms with van der Waals surface area (Å²) in [5.41, 5.74) is 2.49. The molecule has 1 amide bonds. The molecule has 1 unspecified atom stereocenters. The largest absolute Gasteiger partial charge is 0.481 e. The fourth-order valence-corrected chi connectivity index (χ4v) is 2.05. The van der Waals surface area contributed by atoms with Crippen LogP contribution in [-0.2, 0) is 4.79 Å². The van der Waals surface area contributed by atoms with Crippen LogP contribution in [0, 0.1) is 13.8 Å². The van der Waals surface area contributed by atoms with Gasteiger partial charge in [-0.1, -0.05) is 0 Å². The molecular formula is C13H16N4O3. The number of aryl methyl sites for hydroxylation is 2. The maximum atomic E-state index is 12.1. The van der Waals surface area contributed by atoms with E-state index in [4.69, 9.17) is 5.11 Å². The summed E-state index contributed by atoms with van der Waals surface area (Å²) >= 11 is 0. The van der Waals surface area contributed by atoms with E-state index in [9.17, 15) is 9.59 Å². The van der Waals surface area contributed by atoms with Gasteiger partial charge in [-0.05, 0) is 26.8 Å². The topological polar surface area (TPSA) is 96.6 Å². The van der Waals surface area contributed by atoms with E-state index in [1.54, 1.807) is 11.4 Å². The van der Waals surface area contributed by atoms with Crippen LogP contribution < -0.4 is 5.32 Å². The number of amides is 1. The number of aromatic nitrogens is 3. The number of carbonyl (C=O) groups is 2. The van der Waals surface area contributed by atoms with Crippen molar-refractivity contribution in [2.24, 2.45) is 0 Å². The minimum Gasteiger partial charge on any atom is -0.481 e. The van der Waals surface area contributed by atoms with Gasteiger partial charge in [0.1, 0.15) is 5.56 Å². The number of nitrogens with one attached hydrogen (secondary N) is 1. The minimum absolute atomic E-state index is 0.129. The van der Waals surface area contributed by atoms with E-state index in [0.29, 0.717) is 11.2 Å². The predicted molar refractivity (Wildman–Crippen MR) is 71.6 cm³/mol. The first-order valence-corrected chi connectivity index (χ1v) is 6.23. The highest BCUT2D eigenvalue weighted by atomic mass is 16.4. The maximum Gasteiger partial charge on any atom is 0.305 e. The Morgan fingerprint density at radius 2 is 2.15 bits per heavy atom. The molecule has 0 radical (unpaired) electrons. The summed E-state index contributed by atoms with van der Waals surface area (Å²) in [6.07, 6.45) is 1.31. The normalized spacial score (nSPS) is 12.3. The zero-order valence-electron chi connectivity index (χ0n) is 11.5. The van der Waals surface area contributed by atoms with Crippen molar-refractivity contribution >= 4 is 17.5 Å². The van der Waals surface area contributed by atoms with E-state index in [1.165, 1.54) is 6.20 Å². The summed E-state index contributed by atoms with van der Waals surface area (Å²) in [4.78, 5) is 27.0. The number of fused-ring (bicyclic) bond motifs is 1. The van der Waals surface area contributed by atoms with Crippen molar-refractivity contribution in [2.45, 2.75) is 33.2 Å². The number of carbonyl (C=O) groups excluding carboxylic acids is 1. The second-order valence-corrected chi connectivity index (χ2v) is 4.80. The van der Waals surface area contributed by atoms with Crippen molar-refractivity contribution in [3.8, 4) is 0 Å². The molecule has 1 atom stereocenters. The Morgan fingerprint density at radius 3 is 2.80 bits per heavy atom. The van der Waals surface area contributed by atoms with E-state index in [1.807, 2.05) is 19.9 Å². The lowest BCUT2D eigenvalue weighted by Gasteiger charge is -2.10. The molecule has 0 saturated carbocycles. The summed E-state index contributed by atoms with van der Waals surface area (Å²) in [5.74, 6) is -1.33. The average molecular weight is 276 g/mol. The Hall–Kier alpha value is -2.44. The fourth-order valence-electron chi connectivity index (χ4n) is 2.05. The standard InChI is InChI=1S/C13H16N4O3/c1-7-4-9(3)17-12(15-7)10(6-14-17)13(20)16-8(2)5-11(18)19/h4,6,8H,5H2,1-3H3,(H,16,20)(H,18,19). The molecule has 0 saturated heterocycles. The van der Waals surface area contributed by atoms with Crippen molar-refractivity contribution in [3.63, 3.8) is 0 Å². The zero-order valence-corrected chi connectivity index (χ0v) is 11.5. The second kappa shape index (κ2) is 5.28. The van der Waals surface area contributed by atoms with Crippen molar-refractivity contribution in [1.82, 2.24) is 19.9 Å². The van der Waals surface area contributed by atoms with Crippen LogP contribution in [0.5, 0.6) is 0 Å². The van der Waals surface area contributed by atoms with Gasteiger partial charge in [-0.2, -0.15) is 5.10 Å². The third kappa shape index (κ3) is 2.76. The SMILES string of the molecule is Cc1cc(C)n2ncc(C(=O)NC(C)CC(=O)O)c2n1. The molecule has 0 aromatic carbocycles. The molecule has 2 heterocycles. The fraction of sp³-hybridized carbons (Fsp3) is 0.385. The molecule has 0 fully saturated rings. The summed E-state index contributed by atoms with van der Waals surface area (Å²) < 4.78 is 1.59. The summed E-state index contributed by atoms with van der Waals surface area (Å²) in [6.45, 7) is 5.36. The van der Waals surface area contributed by atoms with E-state index in [2.05, 4.69) is 15.4 Å². The Balaban J connectivity index is 2.29. The molecule has 0 aliphatic heterocycles. The number of carboxylic acid groups (broad SMARTS) is 1. The molecule has 106 valence electrons. The molecule has 7 nitrogen and oxygen atoms in total. The Bertz CT molecular complexity index is 678. The van der Waals surface area contributed by atoms with Gasteiger partial charge in [0.2, 0.25) is 0 Å². The lowest BCUT2D eigenvalue weighted by Crippen LogP contribution is -2.34. The van der Waals surface area contributed by atoms with Gasteiger partial charge in [-0.25, -0.2) is 9.50 Å². The highest BCUT2D eigenvalue weighted by molar-refractivity contribution is 5.99. The molecule has 2 rings (SSSR count). The second-order valence-electron chi connectivity index (χ2n) is 4.80. The molecule has 0 bridgehead atoms. The van der Waals surface area contributed by atoms with Gasteiger partial charge in [0.05, 0.1) is 12.6 Å². The Morgan fingerprint density at radius 1 is 1.45 bits per heavy atom. The molecular weight excluding hydrogens is 260 g/mol. The van der Waals surface area contributed by atoms with Crippen LogP contribution in [0.1, 0.15) is 35.1 Å². The van der Waals surface area contributed by atoms with Gasteiger partial charge in [0, 0.05) is 17.4 Å². The first kappa shape index (κ1) is 14.0. The van der Waals surface area contributed by atoms with E-state index in [-0.39, 0.29) is 12.3 Å². The molecule has 0 aliphatic rings. The average Bonchev–Trinajstić information content (AvgIpc) is 2.71. The minimum atomic E-state index is -0.956. The molecule has 0 spiro atoms. The summed E-state index contributed by atoms with van der Waals surface area (Å²) in [5, 5.41) is 15.4. The molecule has 2 aromatic rings. The van der Waals surface area contributed by atoms with Crippen LogP contribution in [0.3, 0.4) is 0 Å². The monoisotopic (exact) mass is 276 g/mol. The maximum absolute atomic E-state index is 12.1. The summed E-state index contributed by atoms with van der Waals surface area (Å²) in [6, 6.07) is 1.41. The number of aliphatic carboxylic acids is 1. The highest BCUT2D eigenvalue weighted by Crippen LogP contribution is 2.12. The van der Waals surface area contributed by atoms with Crippen LogP contribution in [0.2, 0.25) is 0 Å². The lowest BCUT2D eigenvalue weighted by molar-refractivity contribution is -0.137. The van der Waals surface area contributed by atoms with Crippen molar-refractivity contribution in [2.75, 3.05) is 0 Å². The molecule has 2 aromatic heterocycles. The first-order valence-electron chi connectivity index (χ1n) is 6.23. The first-order chi connectivity index (χ1) is 9.38. The van der Waals surface area contributed by atoms with Gasteiger partial charge in [-0.15, -0.1) is 0 Å². The van der Waals surface area contributed by atoms with Crippen molar-refractivity contribution < 1.29 is 14.7 Å². The summed E-state index contributed by atoms with van der Waals surface area (Å²) in [7, 11) is 0. The number of hydrogen-bond acceptors (Lipinski definition) is 4. The number of nitrogens with zero attached hydrogens (tertiary/aromatic N) is 3. The van der Waals surface area contributed by atoms with Crippen LogP contribution in [0.15, 0.2) is 12.3 Å². The van der Waals surface area contributed by atoms with Gasteiger partial charge < -0.3 is 10.4 Å². The van der Waals surface area contributed by atoms with Crippen LogP contribution in [0.25, 0.3) is 5.65 Å². The zero-order chi connectivity index (χ0) is 14.9. The molecule has 7 heteroatoms. The van der Waals surface area contributed by atoms with E-state index in [0.717, 1.165) is 11.4 Å². The Labute approximate surface area is 115 Å². The third-order valence-electron chi connectivity index (χ3n) is 2.88. The highest BCUT2D eigenvalue weighted by Gasteiger charge is 2.18. The quantitative estimate of drug-likeness (QED) is 0.866. The predicted octanol–water partition coefficient (Wildman–Crippen LogP) is 0.939. The number of carboxylic acids is 1. The number of hydrogen-bond donors (Lipinski definition) is 2. The number of rotatable bonds is 4. The molecule has 0 aliphatic carbocycles. The van der Waals surface area contributed by atoms with Gasteiger partial charge in [-0.3, -0.25) is 9.59 Å². The van der Waals surface area contributed by atoms with Crippen LogP contribution >= 0.6 is 0 Å². The van der Waals surface area contributed by atoms with Gasteiger partial charge in [0.15, 0.2) is 5.65 Å². The van der Waals surface area contributed by atoms with Crippen molar-refractivity contribution in [1.29, 1.82) is 0 Å². The van der Waals surface area contributed by atoms with Gasteiger partial charge in [0.25, 0.3) is 5.91 Å². The van der Waals surface area contributed by atoms with Crippen molar-refractivity contribution in [3.05, 3.63) is 29.2 Å². The van der Waals surface area contributed by atoms with Gasteiger partial charge >= 0.3 is 5.97 Å². The third-order valence-corrected chi connectivity index (χ3v) is 2.88. The lowest BCUT2D eigenvalue weighted by atomic mass is 10.2. The van der Waals surface area contributed by atoms with Crippen LogP contribution in [0.4, 0.5) is 0 Å². The smallest absolute Gasteiger partial charge is 0.305 e. The van der Waals surface area contributed by atoms with E-state index >= 15 is 0 Å². The molecule has 2 N–H and O–H groups in total. The Kier molecular flexibility index (Phi) is 3.69.